The number of amides is 1. The first-order chi connectivity index (χ1) is 12.1. The molecular weight excluding hydrogens is 320 g/mol. The highest BCUT2D eigenvalue weighted by Gasteiger charge is 2.25. The summed E-state index contributed by atoms with van der Waals surface area (Å²) in [4.78, 5) is 30.4. The molecular formula is C18H26N4O3. The average molecular weight is 346 g/mol. The summed E-state index contributed by atoms with van der Waals surface area (Å²) in [5.41, 5.74) is 1.10. The molecule has 0 aromatic carbocycles. The van der Waals surface area contributed by atoms with Crippen molar-refractivity contribution < 1.29 is 9.53 Å². The van der Waals surface area contributed by atoms with Gasteiger partial charge in [-0.2, -0.15) is 0 Å². The number of carbonyl (C=O) groups excluding carboxylic acids is 1. The Morgan fingerprint density at radius 1 is 1.44 bits per heavy atom. The molecule has 1 amide bonds. The van der Waals surface area contributed by atoms with E-state index < -0.39 is 0 Å². The van der Waals surface area contributed by atoms with Gasteiger partial charge in [-0.3, -0.25) is 9.59 Å². The number of hydrogen-bond acceptors (Lipinski definition) is 5. The van der Waals surface area contributed by atoms with Gasteiger partial charge in [-0.25, -0.2) is 4.98 Å². The molecule has 1 aromatic heterocycles. The number of hydrogen-bond donors (Lipinski definition) is 1. The number of rotatable bonds is 5. The zero-order valence-electron chi connectivity index (χ0n) is 14.7. The Morgan fingerprint density at radius 3 is 3.12 bits per heavy atom. The van der Waals surface area contributed by atoms with Gasteiger partial charge in [0.2, 0.25) is 5.91 Å². The first-order valence-corrected chi connectivity index (χ1v) is 8.96. The number of carbonyl (C=O) groups is 1. The minimum atomic E-state index is -0.171. The van der Waals surface area contributed by atoms with Crippen LogP contribution in [0.4, 0.5) is 5.82 Å². The smallest absolute Gasteiger partial charge is 0.293 e. The molecule has 1 aliphatic heterocycles. The molecule has 0 saturated carbocycles. The zero-order valence-corrected chi connectivity index (χ0v) is 14.7. The molecule has 25 heavy (non-hydrogen) atoms. The molecule has 136 valence electrons. The van der Waals surface area contributed by atoms with E-state index >= 15 is 0 Å². The van der Waals surface area contributed by atoms with Crippen molar-refractivity contribution in [2.45, 2.75) is 38.2 Å². The largest absolute Gasteiger partial charge is 0.373 e. The first kappa shape index (κ1) is 17.7. The highest BCUT2D eigenvalue weighted by molar-refractivity contribution is 5.78. The fraction of sp³-hybridized carbons (Fsp3) is 0.611. The second-order valence-corrected chi connectivity index (χ2v) is 6.69. The van der Waals surface area contributed by atoms with Crippen LogP contribution in [-0.2, 0) is 16.6 Å². The quantitative estimate of drug-likeness (QED) is 0.814. The summed E-state index contributed by atoms with van der Waals surface area (Å²) in [6, 6.07) is 0. The Hall–Kier alpha value is -2.15. The van der Waals surface area contributed by atoms with E-state index in [9.17, 15) is 9.59 Å². The van der Waals surface area contributed by atoms with Crippen molar-refractivity contribution in [1.82, 2.24) is 14.5 Å². The number of morpholine rings is 1. The molecule has 2 heterocycles. The van der Waals surface area contributed by atoms with Gasteiger partial charge < -0.3 is 19.5 Å². The summed E-state index contributed by atoms with van der Waals surface area (Å²) in [7, 11) is 1.69. The molecule has 0 radical (unpaired) electrons. The van der Waals surface area contributed by atoms with Gasteiger partial charge in [0.25, 0.3) is 5.56 Å². The van der Waals surface area contributed by atoms with Crippen LogP contribution in [0.15, 0.2) is 28.8 Å². The maximum atomic E-state index is 12.5. The Balaban J connectivity index is 1.52. The lowest BCUT2D eigenvalue weighted by Crippen LogP contribution is -2.48. The van der Waals surface area contributed by atoms with Crippen LogP contribution < -0.4 is 10.9 Å². The summed E-state index contributed by atoms with van der Waals surface area (Å²) in [5, 5.41) is 3.05. The maximum absolute atomic E-state index is 12.5. The molecule has 1 atom stereocenters. The van der Waals surface area contributed by atoms with E-state index in [2.05, 4.69) is 16.4 Å². The van der Waals surface area contributed by atoms with E-state index in [4.69, 9.17) is 4.74 Å². The lowest BCUT2D eigenvalue weighted by Gasteiger charge is -2.33. The van der Waals surface area contributed by atoms with Gasteiger partial charge in [0.15, 0.2) is 5.82 Å². The summed E-state index contributed by atoms with van der Waals surface area (Å²) in [5.74, 6) is 0.486. The highest BCUT2D eigenvalue weighted by Crippen LogP contribution is 2.21. The van der Waals surface area contributed by atoms with Gasteiger partial charge in [0, 0.05) is 45.5 Å². The Morgan fingerprint density at radius 2 is 2.32 bits per heavy atom. The average Bonchev–Trinajstić information content (AvgIpc) is 2.64. The summed E-state index contributed by atoms with van der Waals surface area (Å²) in [6.45, 7) is 2.16. The van der Waals surface area contributed by atoms with Crippen LogP contribution in [0.5, 0.6) is 0 Å². The third-order valence-electron chi connectivity index (χ3n) is 4.77. The molecule has 3 rings (SSSR count). The molecule has 0 spiro atoms. The van der Waals surface area contributed by atoms with E-state index in [1.165, 1.54) is 23.0 Å². The predicted octanol–water partition coefficient (Wildman–Crippen LogP) is 1.31. The molecule has 1 saturated heterocycles. The highest BCUT2D eigenvalue weighted by atomic mass is 16.5. The Labute approximate surface area is 147 Å². The van der Waals surface area contributed by atoms with E-state index in [0.717, 1.165) is 12.8 Å². The second kappa shape index (κ2) is 8.29. The van der Waals surface area contributed by atoms with Gasteiger partial charge in [-0.15, -0.1) is 0 Å². The lowest BCUT2D eigenvalue weighted by atomic mass is 9.97. The minimum Gasteiger partial charge on any atom is -0.373 e. The van der Waals surface area contributed by atoms with Crippen LogP contribution in [0, 0.1) is 0 Å². The number of aryl methyl sites for hydroxylation is 1. The summed E-state index contributed by atoms with van der Waals surface area (Å²) in [6.07, 6.45) is 10.4. The van der Waals surface area contributed by atoms with Crippen molar-refractivity contribution in [2.24, 2.45) is 7.05 Å². The van der Waals surface area contributed by atoms with Gasteiger partial charge in [-0.1, -0.05) is 11.6 Å². The van der Waals surface area contributed by atoms with Crippen LogP contribution in [0.3, 0.4) is 0 Å². The van der Waals surface area contributed by atoms with E-state index in [1.54, 1.807) is 19.4 Å². The van der Waals surface area contributed by atoms with Crippen LogP contribution in [0.25, 0.3) is 0 Å². The number of anilines is 1. The third-order valence-corrected chi connectivity index (χ3v) is 4.77. The van der Waals surface area contributed by atoms with Crippen LogP contribution in [-0.4, -0.2) is 52.7 Å². The number of nitrogens with zero attached hydrogens (tertiary/aromatic N) is 3. The van der Waals surface area contributed by atoms with Crippen LogP contribution in [0.1, 0.15) is 32.1 Å². The molecule has 1 aromatic rings. The Kier molecular flexibility index (Phi) is 5.86. The van der Waals surface area contributed by atoms with Gasteiger partial charge in [0.05, 0.1) is 12.7 Å². The normalized spacial score (nSPS) is 20.9. The van der Waals surface area contributed by atoms with Crippen molar-refractivity contribution in [2.75, 3.05) is 31.6 Å². The SMILES string of the molecule is Cn1ccnc(NCC2CN(C(=O)CC3=CCCCC3)CCO2)c1=O. The number of allylic oxidation sites excluding steroid dienone is 1. The van der Waals surface area contributed by atoms with E-state index in [-0.39, 0.29) is 17.6 Å². The number of aromatic nitrogens is 2. The molecule has 1 aliphatic carbocycles. The van der Waals surface area contributed by atoms with Crippen molar-refractivity contribution in [3.05, 3.63) is 34.4 Å². The predicted molar refractivity (Wildman–Crippen MR) is 95.5 cm³/mol. The fourth-order valence-corrected chi connectivity index (χ4v) is 3.27. The molecule has 1 N–H and O–H groups in total. The standard InChI is InChI=1S/C18H26N4O3/c1-21-8-7-19-17(18(21)24)20-12-15-13-22(9-10-25-15)16(23)11-14-5-3-2-4-6-14/h5,7-8,15H,2-4,6,9-13H2,1H3,(H,19,20). The van der Waals surface area contributed by atoms with Crippen molar-refractivity contribution in [3.63, 3.8) is 0 Å². The van der Waals surface area contributed by atoms with Gasteiger partial charge in [-0.05, 0) is 25.7 Å². The monoisotopic (exact) mass is 346 g/mol. The van der Waals surface area contributed by atoms with Crippen LogP contribution >= 0.6 is 0 Å². The van der Waals surface area contributed by atoms with Gasteiger partial charge >= 0.3 is 0 Å². The van der Waals surface area contributed by atoms with Crippen LogP contribution in [0.2, 0.25) is 0 Å². The zero-order chi connectivity index (χ0) is 17.6. The summed E-state index contributed by atoms with van der Waals surface area (Å²) >= 11 is 0. The molecule has 2 aliphatic rings. The van der Waals surface area contributed by atoms with Gasteiger partial charge in [0.1, 0.15) is 0 Å². The molecule has 7 nitrogen and oxygen atoms in total. The van der Waals surface area contributed by atoms with E-state index in [1.807, 2.05) is 4.90 Å². The molecule has 0 bridgehead atoms. The fourth-order valence-electron chi connectivity index (χ4n) is 3.27. The van der Waals surface area contributed by atoms with E-state index in [0.29, 0.717) is 38.5 Å². The Bertz CT molecular complexity index is 698. The van der Waals surface area contributed by atoms with Crippen molar-refractivity contribution in [3.8, 4) is 0 Å². The lowest BCUT2D eigenvalue weighted by molar-refractivity contribution is -0.137. The topological polar surface area (TPSA) is 76.5 Å². The maximum Gasteiger partial charge on any atom is 0.293 e. The third kappa shape index (κ3) is 4.69. The first-order valence-electron chi connectivity index (χ1n) is 8.96. The molecule has 7 heteroatoms. The minimum absolute atomic E-state index is 0.134. The summed E-state index contributed by atoms with van der Waals surface area (Å²) < 4.78 is 7.21. The molecule has 1 unspecified atom stereocenters. The van der Waals surface area contributed by atoms with Crippen molar-refractivity contribution >= 4 is 11.7 Å². The van der Waals surface area contributed by atoms with Crippen molar-refractivity contribution in [1.29, 1.82) is 0 Å². The second-order valence-electron chi connectivity index (χ2n) is 6.69. The number of ether oxygens (including phenoxy) is 1. The molecule has 1 fully saturated rings. The number of nitrogens with one attached hydrogen (secondary N) is 1.